The standard InChI is InChI=1S/C8H13N2O6P/c1-5(9)3-13-7(11)15-17-16-8(12)14-4-6(2)10/h17H,1-4,9-10H2. The lowest BCUT2D eigenvalue weighted by atomic mass is 10.6. The summed E-state index contributed by atoms with van der Waals surface area (Å²) >= 11 is 0. The molecular formula is C8H13N2O6P. The summed E-state index contributed by atoms with van der Waals surface area (Å²) in [5, 5.41) is 0. The lowest BCUT2D eigenvalue weighted by molar-refractivity contribution is 0.0956. The topological polar surface area (TPSA) is 123 Å². The number of hydrogen-bond donors (Lipinski definition) is 2. The third-order valence-corrected chi connectivity index (χ3v) is 1.50. The number of hydrogen-bond acceptors (Lipinski definition) is 8. The van der Waals surface area contributed by atoms with Crippen LogP contribution in [0.15, 0.2) is 24.6 Å². The molecule has 0 fully saturated rings. The lowest BCUT2D eigenvalue weighted by Crippen LogP contribution is -2.12. The van der Waals surface area contributed by atoms with Crippen LogP contribution >= 0.6 is 9.03 Å². The van der Waals surface area contributed by atoms with E-state index in [-0.39, 0.29) is 24.6 Å². The Morgan fingerprint density at radius 2 is 1.29 bits per heavy atom. The van der Waals surface area contributed by atoms with Crippen molar-refractivity contribution in [1.82, 2.24) is 0 Å². The Balaban J connectivity index is 3.55. The van der Waals surface area contributed by atoms with Crippen LogP contribution in [0.1, 0.15) is 0 Å². The molecule has 0 atom stereocenters. The van der Waals surface area contributed by atoms with E-state index in [4.69, 9.17) is 11.5 Å². The fourth-order valence-corrected chi connectivity index (χ4v) is 0.747. The SMILES string of the molecule is C=C(N)COC(=O)OPOC(=O)OCC(=C)N. The van der Waals surface area contributed by atoms with E-state index in [0.717, 1.165) is 0 Å². The molecule has 0 amide bonds. The molecule has 0 unspecified atom stereocenters. The predicted molar refractivity (Wildman–Crippen MR) is 59.8 cm³/mol. The quantitative estimate of drug-likeness (QED) is 0.532. The summed E-state index contributed by atoms with van der Waals surface area (Å²) in [5.74, 6) is 0. The maximum Gasteiger partial charge on any atom is 0.513 e. The van der Waals surface area contributed by atoms with Crippen molar-refractivity contribution in [3.05, 3.63) is 24.6 Å². The van der Waals surface area contributed by atoms with Crippen LogP contribution in [0.3, 0.4) is 0 Å². The van der Waals surface area contributed by atoms with Crippen molar-refractivity contribution in [2.45, 2.75) is 0 Å². The molecule has 0 aliphatic heterocycles. The molecule has 0 aliphatic carbocycles. The van der Waals surface area contributed by atoms with Gasteiger partial charge < -0.3 is 30.0 Å². The van der Waals surface area contributed by atoms with Crippen molar-refractivity contribution >= 4 is 21.3 Å². The van der Waals surface area contributed by atoms with E-state index in [1.165, 1.54) is 0 Å². The number of ether oxygens (including phenoxy) is 2. The highest BCUT2D eigenvalue weighted by Crippen LogP contribution is 2.16. The first-order chi connectivity index (χ1) is 7.91. The average Bonchev–Trinajstić information content (AvgIpc) is 2.23. The van der Waals surface area contributed by atoms with Crippen LogP contribution in [0.5, 0.6) is 0 Å². The molecule has 0 saturated carbocycles. The van der Waals surface area contributed by atoms with Crippen LogP contribution in [-0.4, -0.2) is 25.5 Å². The summed E-state index contributed by atoms with van der Waals surface area (Å²) in [6, 6.07) is 0. The van der Waals surface area contributed by atoms with E-state index in [9.17, 15) is 9.59 Å². The van der Waals surface area contributed by atoms with E-state index >= 15 is 0 Å². The van der Waals surface area contributed by atoms with E-state index in [0.29, 0.717) is 0 Å². The molecule has 0 aromatic heterocycles. The largest absolute Gasteiger partial charge is 0.513 e. The Kier molecular flexibility index (Phi) is 7.29. The van der Waals surface area contributed by atoms with Gasteiger partial charge in [0.05, 0.1) is 0 Å². The van der Waals surface area contributed by atoms with Crippen LogP contribution < -0.4 is 11.5 Å². The second kappa shape index (κ2) is 8.23. The second-order valence-corrected chi connectivity index (χ2v) is 3.26. The molecule has 96 valence electrons. The van der Waals surface area contributed by atoms with Crippen molar-refractivity contribution in [3.8, 4) is 0 Å². The van der Waals surface area contributed by atoms with Crippen molar-refractivity contribution in [2.75, 3.05) is 13.2 Å². The van der Waals surface area contributed by atoms with Gasteiger partial charge in [-0.1, -0.05) is 13.2 Å². The van der Waals surface area contributed by atoms with Gasteiger partial charge >= 0.3 is 12.3 Å². The Morgan fingerprint density at radius 3 is 1.59 bits per heavy atom. The molecule has 0 aromatic rings. The summed E-state index contributed by atoms with van der Waals surface area (Å²) < 4.78 is 17.6. The number of rotatable bonds is 6. The monoisotopic (exact) mass is 264 g/mol. The molecule has 0 heterocycles. The van der Waals surface area contributed by atoms with Crippen LogP contribution in [-0.2, 0) is 18.5 Å². The van der Waals surface area contributed by atoms with E-state index in [2.05, 4.69) is 31.7 Å². The van der Waals surface area contributed by atoms with Gasteiger partial charge in [-0.05, 0) is 0 Å². The fraction of sp³-hybridized carbons (Fsp3) is 0.250. The molecule has 0 aromatic carbocycles. The van der Waals surface area contributed by atoms with Crippen molar-refractivity contribution in [3.63, 3.8) is 0 Å². The zero-order valence-corrected chi connectivity index (χ0v) is 9.93. The van der Waals surface area contributed by atoms with Crippen molar-refractivity contribution < 1.29 is 28.1 Å². The highest BCUT2D eigenvalue weighted by atomic mass is 31.1. The molecule has 17 heavy (non-hydrogen) atoms. The molecular weight excluding hydrogens is 251 g/mol. The third-order valence-electron chi connectivity index (χ3n) is 1.00. The third kappa shape index (κ3) is 10.3. The summed E-state index contributed by atoms with van der Waals surface area (Å²) in [4.78, 5) is 21.6. The highest BCUT2D eigenvalue weighted by molar-refractivity contribution is 7.27. The van der Waals surface area contributed by atoms with Gasteiger partial charge in [-0.15, -0.1) is 0 Å². The van der Waals surface area contributed by atoms with E-state index < -0.39 is 21.3 Å². The van der Waals surface area contributed by atoms with Gasteiger partial charge in [0.15, 0.2) is 0 Å². The summed E-state index contributed by atoms with van der Waals surface area (Å²) in [7, 11) is -0.890. The molecule has 4 N–H and O–H groups in total. The molecule has 0 radical (unpaired) electrons. The first-order valence-electron chi connectivity index (χ1n) is 4.20. The smallest absolute Gasteiger partial charge is 0.428 e. The van der Waals surface area contributed by atoms with Gasteiger partial charge in [-0.25, -0.2) is 9.59 Å². The van der Waals surface area contributed by atoms with E-state index in [1.54, 1.807) is 0 Å². The van der Waals surface area contributed by atoms with Crippen molar-refractivity contribution in [1.29, 1.82) is 0 Å². The Bertz CT molecular complexity index is 289. The van der Waals surface area contributed by atoms with E-state index in [1.807, 2.05) is 0 Å². The van der Waals surface area contributed by atoms with Crippen LogP contribution in [0.2, 0.25) is 0 Å². The normalized spacial score (nSPS) is 8.94. The minimum Gasteiger partial charge on any atom is -0.428 e. The summed E-state index contributed by atoms with van der Waals surface area (Å²) in [6.45, 7) is 6.24. The Hall–Kier alpha value is -1.95. The molecule has 9 heteroatoms. The lowest BCUT2D eigenvalue weighted by Gasteiger charge is -2.06. The number of carbonyl (C=O) groups excluding carboxylic acids is 2. The van der Waals surface area contributed by atoms with Gasteiger partial charge in [0.25, 0.3) is 9.03 Å². The molecule has 0 rings (SSSR count). The van der Waals surface area contributed by atoms with Gasteiger partial charge in [-0.2, -0.15) is 0 Å². The molecule has 0 bridgehead atoms. The van der Waals surface area contributed by atoms with Gasteiger partial charge in [-0.3, -0.25) is 0 Å². The number of carbonyl (C=O) groups is 2. The summed E-state index contributed by atoms with van der Waals surface area (Å²) in [5.41, 5.74) is 10.6. The molecule has 0 spiro atoms. The Labute approximate surface area is 99.5 Å². The van der Waals surface area contributed by atoms with Gasteiger partial charge in [0.1, 0.15) is 13.2 Å². The molecule has 8 nitrogen and oxygen atoms in total. The molecule has 0 aliphatic rings. The molecule has 0 saturated heterocycles. The van der Waals surface area contributed by atoms with Crippen molar-refractivity contribution in [2.24, 2.45) is 11.5 Å². The van der Waals surface area contributed by atoms with Gasteiger partial charge in [0.2, 0.25) is 0 Å². The Morgan fingerprint density at radius 1 is 0.941 bits per heavy atom. The van der Waals surface area contributed by atoms with Crippen LogP contribution in [0, 0.1) is 0 Å². The fourth-order valence-electron chi connectivity index (χ4n) is 0.451. The zero-order chi connectivity index (χ0) is 13.3. The van der Waals surface area contributed by atoms with Gasteiger partial charge in [0, 0.05) is 11.4 Å². The minimum atomic E-state index is -1.04. The second-order valence-electron chi connectivity index (χ2n) is 2.68. The van der Waals surface area contributed by atoms with Crippen LogP contribution in [0.4, 0.5) is 9.59 Å². The number of nitrogens with two attached hydrogens (primary N) is 2. The predicted octanol–water partition coefficient (Wildman–Crippen LogP) is 0.746. The maximum atomic E-state index is 10.8. The maximum absolute atomic E-state index is 10.8. The first-order valence-corrected chi connectivity index (χ1v) is 5.02. The zero-order valence-electron chi connectivity index (χ0n) is 8.93. The highest BCUT2D eigenvalue weighted by Gasteiger charge is 2.08. The average molecular weight is 264 g/mol. The summed E-state index contributed by atoms with van der Waals surface area (Å²) in [6.07, 6.45) is -2.07. The minimum absolute atomic E-state index is 0.159. The van der Waals surface area contributed by atoms with Crippen LogP contribution in [0.25, 0.3) is 0 Å². The first kappa shape index (κ1) is 15.0.